The minimum Gasteiger partial charge on any atom is -0.340 e. The second kappa shape index (κ2) is 9.15. The SMILES string of the molecule is CC(C)CC(=O)N1CCN(Cc2c(-c3ccccc3)nc3sc4cc([N+](=O)[O-])ccc4n23)CC1. The van der Waals surface area contributed by atoms with Gasteiger partial charge in [-0.05, 0) is 12.0 Å². The Morgan fingerprint density at radius 1 is 1.12 bits per heavy atom. The van der Waals surface area contributed by atoms with Gasteiger partial charge in [-0.25, -0.2) is 4.98 Å². The Labute approximate surface area is 201 Å². The molecule has 34 heavy (non-hydrogen) atoms. The molecule has 8 nitrogen and oxygen atoms in total. The molecule has 1 aliphatic heterocycles. The first-order valence-electron chi connectivity index (χ1n) is 11.5. The van der Waals surface area contributed by atoms with Gasteiger partial charge in [0, 0.05) is 56.8 Å². The van der Waals surface area contributed by atoms with E-state index in [1.54, 1.807) is 12.1 Å². The molecule has 0 saturated carbocycles. The van der Waals surface area contributed by atoms with Crippen molar-refractivity contribution in [1.29, 1.82) is 0 Å². The Bertz CT molecular complexity index is 1350. The minimum absolute atomic E-state index is 0.0871. The number of aromatic nitrogens is 2. The van der Waals surface area contributed by atoms with Crippen LogP contribution in [0, 0.1) is 16.0 Å². The zero-order valence-electron chi connectivity index (χ0n) is 19.3. The number of nitrogens with zero attached hydrogens (tertiary/aromatic N) is 5. The molecule has 1 amide bonds. The van der Waals surface area contributed by atoms with Crippen LogP contribution < -0.4 is 0 Å². The van der Waals surface area contributed by atoms with Gasteiger partial charge >= 0.3 is 0 Å². The van der Waals surface area contributed by atoms with E-state index in [0.29, 0.717) is 18.9 Å². The predicted octanol–water partition coefficient (Wildman–Crippen LogP) is 4.81. The summed E-state index contributed by atoms with van der Waals surface area (Å²) >= 11 is 1.47. The lowest BCUT2D eigenvalue weighted by Gasteiger charge is -2.35. The molecule has 0 unspecified atom stereocenters. The molecule has 176 valence electrons. The highest BCUT2D eigenvalue weighted by Gasteiger charge is 2.25. The number of hydrogen-bond acceptors (Lipinski definition) is 6. The first-order chi connectivity index (χ1) is 16.4. The molecule has 4 aromatic rings. The number of carbonyl (C=O) groups is 1. The van der Waals surface area contributed by atoms with Crippen LogP contribution in [-0.2, 0) is 11.3 Å². The Balaban J connectivity index is 1.49. The molecular formula is C25H27N5O3S. The van der Waals surface area contributed by atoms with E-state index in [0.717, 1.165) is 58.3 Å². The highest BCUT2D eigenvalue weighted by molar-refractivity contribution is 7.23. The molecular weight excluding hydrogens is 450 g/mol. The van der Waals surface area contributed by atoms with Crippen LogP contribution in [0.15, 0.2) is 48.5 Å². The normalized spacial score (nSPS) is 15.0. The summed E-state index contributed by atoms with van der Waals surface area (Å²) in [5, 5.41) is 11.3. The van der Waals surface area contributed by atoms with Crippen molar-refractivity contribution in [3.8, 4) is 11.3 Å². The molecule has 0 N–H and O–H groups in total. The summed E-state index contributed by atoms with van der Waals surface area (Å²) in [6.45, 7) is 7.90. The van der Waals surface area contributed by atoms with Crippen LogP contribution in [0.25, 0.3) is 26.4 Å². The number of amides is 1. The Hall–Kier alpha value is -3.30. The summed E-state index contributed by atoms with van der Waals surface area (Å²) in [4.78, 5) is 33.5. The zero-order chi connectivity index (χ0) is 23.8. The van der Waals surface area contributed by atoms with Crippen molar-refractivity contribution < 1.29 is 9.72 Å². The maximum Gasteiger partial charge on any atom is 0.270 e. The molecule has 0 atom stereocenters. The number of imidazole rings is 1. The van der Waals surface area contributed by atoms with Gasteiger partial charge in [0.2, 0.25) is 5.91 Å². The third-order valence-electron chi connectivity index (χ3n) is 6.27. The molecule has 0 bridgehead atoms. The summed E-state index contributed by atoms with van der Waals surface area (Å²) in [5.74, 6) is 0.596. The fraction of sp³-hybridized carbons (Fsp3) is 0.360. The van der Waals surface area contributed by atoms with E-state index in [4.69, 9.17) is 4.98 Å². The van der Waals surface area contributed by atoms with E-state index < -0.39 is 0 Å². The lowest BCUT2D eigenvalue weighted by atomic mass is 10.1. The van der Waals surface area contributed by atoms with E-state index in [2.05, 4.69) is 35.3 Å². The summed E-state index contributed by atoms with van der Waals surface area (Å²) < 4.78 is 2.99. The van der Waals surface area contributed by atoms with Gasteiger partial charge in [0.25, 0.3) is 5.69 Å². The first-order valence-corrected chi connectivity index (χ1v) is 12.4. The summed E-state index contributed by atoms with van der Waals surface area (Å²) in [5.41, 5.74) is 4.08. The van der Waals surface area contributed by atoms with Crippen LogP contribution in [0.3, 0.4) is 0 Å². The topological polar surface area (TPSA) is 84.0 Å². The van der Waals surface area contributed by atoms with Gasteiger partial charge in [0.15, 0.2) is 4.96 Å². The van der Waals surface area contributed by atoms with E-state index in [1.807, 2.05) is 29.2 Å². The minimum atomic E-state index is -0.363. The maximum atomic E-state index is 12.5. The van der Waals surface area contributed by atoms with Gasteiger partial charge in [-0.2, -0.15) is 0 Å². The number of thiazole rings is 1. The first kappa shape index (κ1) is 22.5. The molecule has 1 fully saturated rings. The number of nitro benzene ring substituents is 1. The third kappa shape index (κ3) is 4.28. The summed E-state index contributed by atoms with van der Waals surface area (Å²) in [6, 6.07) is 15.1. The smallest absolute Gasteiger partial charge is 0.270 e. The number of non-ortho nitro benzene ring substituents is 1. The maximum absolute atomic E-state index is 12.5. The largest absolute Gasteiger partial charge is 0.340 e. The van der Waals surface area contributed by atoms with Gasteiger partial charge in [-0.15, -0.1) is 0 Å². The lowest BCUT2D eigenvalue weighted by molar-refractivity contribution is -0.384. The molecule has 3 heterocycles. The third-order valence-corrected chi connectivity index (χ3v) is 7.27. The van der Waals surface area contributed by atoms with Crippen LogP contribution in [0.2, 0.25) is 0 Å². The van der Waals surface area contributed by atoms with Gasteiger partial charge < -0.3 is 4.90 Å². The van der Waals surface area contributed by atoms with Crippen molar-refractivity contribution in [2.24, 2.45) is 5.92 Å². The van der Waals surface area contributed by atoms with Gasteiger partial charge in [-0.1, -0.05) is 55.5 Å². The molecule has 0 aliphatic carbocycles. The van der Waals surface area contributed by atoms with Crippen LogP contribution in [0.1, 0.15) is 26.0 Å². The molecule has 1 saturated heterocycles. The average Bonchev–Trinajstić information content (AvgIpc) is 3.35. The number of rotatable bonds is 6. The van der Waals surface area contributed by atoms with Crippen LogP contribution in [0.4, 0.5) is 5.69 Å². The van der Waals surface area contributed by atoms with Crippen molar-refractivity contribution in [2.75, 3.05) is 26.2 Å². The molecule has 2 aromatic heterocycles. The van der Waals surface area contributed by atoms with Crippen molar-refractivity contribution in [1.82, 2.24) is 19.2 Å². The monoisotopic (exact) mass is 477 g/mol. The Morgan fingerprint density at radius 3 is 2.53 bits per heavy atom. The van der Waals surface area contributed by atoms with Crippen LogP contribution in [0.5, 0.6) is 0 Å². The number of nitro groups is 1. The van der Waals surface area contributed by atoms with Crippen molar-refractivity contribution >= 4 is 38.1 Å². The fourth-order valence-electron chi connectivity index (χ4n) is 4.55. The molecule has 1 aliphatic rings. The van der Waals surface area contributed by atoms with E-state index in [9.17, 15) is 14.9 Å². The molecule has 9 heteroatoms. The van der Waals surface area contributed by atoms with Crippen molar-refractivity contribution in [3.05, 3.63) is 64.3 Å². The Kier molecular flexibility index (Phi) is 6.05. The van der Waals surface area contributed by atoms with Crippen molar-refractivity contribution in [2.45, 2.75) is 26.8 Å². The zero-order valence-corrected chi connectivity index (χ0v) is 20.1. The van der Waals surface area contributed by atoms with Gasteiger partial charge in [0.05, 0.1) is 26.5 Å². The number of piperazine rings is 1. The quantitative estimate of drug-likeness (QED) is 0.294. The number of hydrogen-bond donors (Lipinski definition) is 0. The van der Waals surface area contributed by atoms with Crippen LogP contribution >= 0.6 is 11.3 Å². The average molecular weight is 478 g/mol. The summed E-state index contributed by atoms with van der Waals surface area (Å²) in [6.07, 6.45) is 0.592. The van der Waals surface area contributed by atoms with Gasteiger partial charge in [0.1, 0.15) is 0 Å². The number of carbonyl (C=O) groups excluding carboxylic acids is 1. The molecule has 0 spiro atoms. The highest BCUT2D eigenvalue weighted by Crippen LogP contribution is 2.35. The molecule has 5 rings (SSSR count). The standard InChI is InChI=1S/C25H27N5O3S/c1-17(2)14-23(31)28-12-10-27(11-13-28)16-21-24(18-6-4-3-5-7-18)26-25-29(21)20-9-8-19(30(32)33)15-22(20)34-25/h3-9,15,17H,10-14,16H2,1-2H3. The second-order valence-corrected chi connectivity index (χ2v) is 10.2. The highest BCUT2D eigenvalue weighted by atomic mass is 32.1. The van der Waals surface area contributed by atoms with Gasteiger partial charge in [-0.3, -0.25) is 24.2 Å². The fourth-order valence-corrected chi connectivity index (χ4v) is 5.62. The van der Waals surface area contributed by atoms with E-state index in [1.165, 1.54) is 11.3 Å². The summed E-state index contributed by atoms with van der Waals surface area (Å²) in [7, 11) is 0. The second-order valence-electron chi connectivity index (χ2n) is 9.16. The number of fused-ring (bicyclic) bond motifs is 3. The van der Waals surface area contributed by atoms with Crippen LogP contribution in [-0.4, -0.2) is 56.2 Å². The molecule has 0 radical (unpaired) electrons. The number of benzene rings is 2. The Morgan fingerprint density at radius 2 is 1.85 bits per heavy atom. The van der Waals surface area contributed by atoms with E-state index >= 15 is 0 Å². The molecule has 2 aromatic carbocycles. The van der Waals surface area contributed by atoms with E-state index in [-0.39, 0.29) is 16.5 Å². The van der Waals surface area contributed by atoms with Crippen molar-refractivity contribution in [3.63, 3.8) is 0 Å². The predicted molar refractivity (Wildman–Crippen MR) is 134 cm³/mol. The lowest BCUT2D eigenvalue weighted by Crippen LogP contribution is -2.48.